The fraction of sp³-hybridized carbons (Fsp3) is 0.267. The summed E-state index contributed by atoms with van der Waals surface area (Å²) in [6, 6.07) is 9.58. The highest BCUT2D eigenvalue weighted by molar-refractivity contribution is 7.18. The van der Waals surface area contributed by atoms with E-state index in [1.165, 1.54) is 16.3 Å². The lowest BCUT2D eigenvalue weighted by molar-refractivity contribution is -0.134. The van der Waals surface area contributed by atoms with Crippen LogP contribution in [-0.4, -0.2) is 39.8 Å². The third-order valence-corrected chi connectivity index (χ3v) is 4.37. The molecule has 0 aliphatic carbocycles. The molecule has 118 valence electrons. The molecule has 2 amide bonds. The minimum absolute atomic E-state index is 0.327. The molecule has 0 saturated heterocycles. The van der Waals surface area contributed by atoms with Crippen molar-refractivity contribution in [1.82, 2.24) is 15.2 Å². The van der Waals surface area contributed by atoms with Gasteiger partial charge in [0.25, 0.3) is 5.91 Å². The lowest BCUT2D eigenvalue weighted by atomic mass is 10.0. The molecule has 2 heterocycles. The van der Waals surface area contributed by atoms with Crippen LogP contribution in [0.25, 0.3) is 10.6 Å². The van der Waals surface area contributed by atoms with E-state index in [0.29, 0.717) is 22.3 Å². The normalized spacial score (nSPS) is 17.3. The molecule has 1 aliphatic rings. The standard InChI is InChI=1S/C15H15N5O2S/c1-3-10-11(14(22)20(2)19-10)12(21)16-15-18-17-13(23-15)9-7-5-4-6-8-9/h4-8,11H,3H2,1-2H3,(H,16,18,21)/t11-/m1/s1. The van der Waals surface area contributed by atoms with Crippen molar-refractivity contribution in [1.29, 1.82) is 0 Å². The van der Waals surface area contributed by atoms with Gasteiger partial charge in [0.2, 0.25) is 11.0 Å². The van der Waals surface area contributed by atoms with E-state index < -0.39 is 11.8 Å². The average Bonchev–Trinajstić information content (AvgIpc) is 3.13. The maximum Gasteiger partial charge on any atom is 0.260 e. The summed E-state index contributed by atoms with van der Waals surface area (Å²) < 4.78 is 0. The molecule has 0 radical (unpaired) electrons. The summed E-state index contributed by atoms with van der Waals surface area (Å²) in [4.78, 5) is 24.4. The number of nitrogens with one attached hydrogen (secondary N) is 1. The summed E-state index contributed by atoms with van der Waals surface area (Å²) in [6.45, 7) is 1.87. The van der Waals surface area contributed by atoms with E-state index in [0.717, 1.165) is 5.56 Å². The van der Waals surface area contributed by atoms with Crippen LogP contribution in [0.3, 0.4) is 0 Å². The number of amides is 2. The van der Waals surface area contributed by atoms with Crippen molar-refractivity contribution < 1.29 is 9.59 Å². The van der Waals surface area contributed by atoms with Crippen molar-refractivity contribution in [2.75, 3.05) is 12.4 Å². The quantitative estimate of drug-likeness (QED) is 0.869. The van der Waals surface area contributed by atoms with Gasteiger partial charge in [-0.2, -0.15) is 5.10 Å². The van der Waals surface area contributed by atoms with Gasteiger partial charge in [-0.05, 0) is 6.42 Å². The van der Waals surface area contributed by atoms with E-state index in [1.807, 2.05) is 37.3 Å². The fourth-order valence-electron chi connectivity index (χ4n) is 2.32. The molecular weight excluding hydrogens is 314 g/mol. The lowest BCUT2D eigenvalue weighted by Crippen LogP contribution is -2.35. The Morgan fingerprint density at radius 2 is 2.04 bits per heavy atom. The SMILES string of the molecule is CCC1=NN(C)C(=O)[C@H]1C(=O)Nc1nnc(-c2ccccc2)s1. The molecule has 1 aromatic carbocycles. The van der Waals surface area contributed by atoms with Crippen molar-refractivity contribution >= 4 is 34.0 Å². The molecule has 0 unspecified atom stereocenters. The number of hydrogen-bond donors (Lipinski definition) is 1. The van der Waals surface area contributed by atoms with Crippen LogP contribution in [0.4, 0.5) is 5.13 Å². The summed E-state index contributed by atoms with van der Waals surface area (Å²) >= 11 is 1.27. The maximum atomic E-state index is 12.4. The zero-order valence-electron chi connectivity index (χ0n) is 12.7. The Morgan fingerprint density at radius 3 is 2.74 bits per heavy atom. The number of hydrogen-bond acceptors (Lipinski definition) is 6. The first kappa shape index (κ1) is 15.3. The summed E-state index contributed by atoms with van der Waals surface area (Å²) in [5, 5.41) is 17.1. The predicted octanol–water partition coefficient (Wildman–Crippen LogP) is 2.00. The number of rotatable bonds is 4. The number of benzene rings is 1. The first-order chi connectivity index (χ1) is 11.1. The first-order valence-electron chi connectivity index (χ1n) is 7.15. The summed E-state index contributed by atoms with van der Waals surface area (Å²) in [6.07, 6.45) is 0.541. The third-order valence-electron chi connectivity index (χ3n) is 3.48. The highest BCUT2D eigenvalue weighted by Gasteiger charge is 2.38. The van der Waals surface area contributed by atoms with Crippen LogP contribution in [0.15, 0.2) is 35.4 Å². The Balaban J connectivity index is 1.75. The topological polar surface area (TPSA) is 87.5 Å². The molecule has 1 N–H and O–H groups in total. The smallest absolute Gasteiger partial charge is 0.260 e. The molecule has 0 bridgehead atoms. The Kier molecular flexibility index (Phi) is 4.16. The summed E-state index contributed by atoms with van der Waals surface area (Å²) in [5.74, 6) is -1.63. The Bertz CT molecular complexity index is 771. The van der Waals surface area contributed by atoms with E-state index in [9.17, 15) is 9.59 Å². The Hall–Kier alpha value is -2.61. The van der Waals surface area contributed by atoms with Crippen LogP contribution in [0.2, 0.25) is 0 Å². The van der Waals surface area contributed by atoms with Gasteiger partial charge in [-0.3, -0.25) is 14.9 Å². The van der Waals surface area contributed by atoms with Gasteiger partial charge in [-0.25, -0.2) is 5.01 Å². The Morgan fingerprint density at radius 1 is 1.30 bits per heavy atom. The Labute approximate surface area is 137 Å². The molecule has 1 aliphatic heterocycles. The van der Waals surface area contributed by atoms with Gasteiger partial charge < -0.3 is 0 Å². The van der Waals surface area contributed by atoms with Gasteiger partial charge in [-0.15, -0.1) is 10.2 Å². The van der Waals surface area contributed by atoms with Crippen molar-refractivity contribution in [3.63, 3.8) is 0 Å². The number of nitrogens with zero attached hydrogens (tertiary/aromatic N) is 4. The molecule has 3 rings (SSSR count). The van der Waals surface area contributed by atoms with Gasteiger partial charge in [0, 0.05) is 12.6 Å². The van der Waals surface area contributed by atoms with Crippen LogP contribution in [0.1, 0.15) is 13.3 Å². The van der Waals surface area contributed by atoms with Crippen molar-refractivity contribution in [2.45, 2.75) is 13.3 Å². The predicted molar refractivity (Wildman–Crippen MR) is 88.0 cm³/mol. The first-order valence-corrected chi connectivity index (χ1v) is 7.96. The third kappa shape index (κ3) is 2.98. The molecule has 0 fully saturated rings. The highest BCUT2D eigenvalue weighted by atomic mass is 32.1. The highest BCUT2D eigenvalue weighted by Crippen LogP contribution is 2.27. The number of carbonyl (C=O) groups excluding carboxylic acids is 2. The van der Waals surface area contributed by atoms with Crippen LogP contribution >= 0.6 is 11.3 Å². The van der Waals surface area contributed by atoms with Crippen LogP contribution in [0, 0.1) is 5.92 Å². The van der Waals surface area contributed by atoms with Crippen LogP contribution in [-0.2, 0) is 9.59 Å². The van der Waals surface area contributed by atoms with Crippen molar-refractivity contribution in [2.24, 2.45) is 11.0 Å². The van der Waals surface area contributed by atoms with Crippen molar-refractivity contribution in [3.05, 3.63) is 30.3 Å². The molecule has 1 aromatic heterocycles. The summed E-state index contributed by atoms with van der Waals surface area (Å²) in [5.41, 5.74) is 1.49. The largest absolute Gasteiger partial charge is 0.299 e. The van der Waals surface area contributed by atoms with E-state index in [1.54, 1.807) is 7.05 Å². The number of aromatic nitrogens is 2. The van der Waals surface area contributed by atoms with Gasteiger partial charge in [0.15, 0.2) is 5.92 Å². The molecular formula is C15H15N5O2S. The zero-order chi connectivity index (χ0) is 16.4. The van der Waals surface area contributed by atoms with Gasteiger partial charge in [0.1, 0.15) is 5.01 Å². The number of carbonyl (C=O) groups is 2. The zero-order valence-corrected chi connectivity index (χ0v) is 13.5. The fourth-order valence-corrected chi connectivity index (χ4v) is 3.07. The molecule has 1 atom stereocenters. The summed E-state index contributed by atoms with van der Waals surface area (Å²) in [7, 11) is 1.55. The second-order valence-corrected chi connectivity index (χ2v) is 5.98. The second kappa shape index (κ2) is 6.25. The average molecular weight is 329 g/mol. The number of anilines is 1. The van der Waals surface area contributed by atoms with Gasteiger partial charge in [0.05, 0.1) is 5.71 Å². The molecule has 23 heavy (non-hydrogen) atoms. The van der Waals surface area contributed by atoms with Crippen LogP contribution < -0.4 is 5.32 Å². The second-order valence-electron chi connectivity index (χ2n) is 5.01. The van der Waals surface area contributed by atoms with Crippen LogP contribution in [0.5, 0.6) is 0 Å². The van der Waals surface area contributed by atoms with Gasteiger partial charge in [-0.1, -0.05) is 48.6 Å². The van der Waals surface area contributed by atoms with Gasteiger partial charge >= 0.3 is 0 Å². The molecule has 0 saturated carbocycles. The minimum Gasteiger partial charge on any atom is -0.299 e. The monoisotopic (exact) mass is 329 g/mol. The maximum absolute atomic E-state index is 12.4. The molecule has 2 aromatic rings. The lowest BCUT2D eigenvalue weighted by Gasteiger charge is -2.09. The van der Waals surface area contributed by atoms with E-state index in [-0.39, 0.29) is 5.91 Å². The minimum atomic E-state index is -0.880. The van der Waals surface area contributed by atoms with Crippen molar-refractivity contribution in [3.8, 4) is 10.6 Å². The molecule has 0 spiro atoms. The van der Waals surface area contributed by atoms with E-state index in [4.69, 9.17) is 0 Å². The molecule has 8 heteroatoms. The van der Waals surface area contributed by atoms with E-state index in [2.05, 4.69) is 20.6 Å². The van der Waals surface area contributed by atoms with E-state index >= 15 is 0 Å². The number of hydrazone groups is 1. The molecule has 7 nitrogen and oxygen atoms in total.